The Balaban J connectivity index is 1.63. The number of methoxy groups -OCH3 is 1. The number of hydrogen-bond acceptors (Lipinski definition) is 4. The number of hydrogen-bond donors (Lipinski definition) is 0. The van der Waals surface area contributed by atoms with Crippen LogP contribution in [-0.4, -0.2) is 32.9 Å². The SMILES string of the molecule is C=CCn1c(-c2ccccc2)nn(CN2CCC[C@@H]2c2ccc(OC)cc2)c1=S. The summed E-state index contributed by atoms with van der Waals surface area (Å²) in [6, 6.07) is 18.9. The summed E-state index contributed by atoms with van der Waals surface area (Å²) in [5.74, 6) is 1.77. The highest BCUT2D eigenvalue weighted by atomic mass is 32.1. The van der Waals surface area contributed by atoms with E-state index in [1.807, 2.05) is 41.1 Å². The van der Waals surface area contributed by atoms with Crippen LogP contribution in [0.1, 0.15) is 24.4 Å². The van der Waals surface area contributed by atoms with Crippen molar-refractivity contribution in [3.05, 3.63) is 77.6 Å². The first-order valence-electron chi connectivity index (χ1n) is 9.93. The molecule has 0 saturated carbocycles. The van der Waals surface area contributed by atoms with Crippen LogP contribution in [0.25, 0.3) is 11.4 Å². The van der Waals surface area contributed by atoms with Gasteiger partial charge in [0.25, 0.3) is 0 Å². The molecule has 0 unspecified atom stereocenters. The number of nitrogens with zero attached hydrogens (tertiary/aromatic N) is 4. The molecule has 2 heterocycles. The second-order valence-corrected chi connectivity index (χ2v) is 7.62. The van der Waals surface area contributed by atoms with Gasteiger partial charge in [0.1, 0.15) is 5.75 Å². The number of benzene rings is 2. The Morgan fingerprint density at radius 1 is 1.17 bits per heavy atom. The normalized spacial score (nSPS) is 16.8. The molecule has 2 aromatic carbocycles. The van der Waals surface area contributed by atoms with Crippen molar-refractivity contribution in [2.45, 2.75) is 32.1 Å². The Labute approximate surface area is 176 Å². The average Bonchev–Trinajstić information content (AvgIpc) is 3.35. The zero-order valence-corrected chi connectivity index (χ0v) is 17.5. The minimum absolute atomic E-state index is 0.368. The van der Waals surface area contributed by atoms with Gasteiger partial charge in [-0.15, -0.1) is 6.58 Å². The first-order chi connectivity index (χ1) is 14.2. The maximum Gasteiger partial charge on any atom is 0.199 e. The molecule has 0 spiro atoms. The molecule has 1 aliphatic rings. The van der Waals surface area contributed by atoms with Crippen molar-refractivity contribution in [3.63, 3.8) is 0 Å². The molecule has 0 aliphatic carbocycles. The van der Waals surface area contributed by atoms with Gasteiger partial charge in [0.15, 0.2) is 10.6 Å². The largest absolute Gasteiger partial charge is 0.497 e. The molecular formula is C23H26N4OS. The third-order valence-electron chi connectivity index (χ3n) is 5.45. The molecule has 0 bridgehead atoms. The molecule has 0 N–H and O–H groups in total. The van der Waals surface area contributed by atoms with E-state index >= 15 is 0 Å². The van der Waals surface area contributed by atoms with Gasteiger partial charge in [0.2, 0.25) is 0 Å². The number of ether oxygens (including phenoxy) is 1. The van der Waals surface area contributed by atoms with Gasteiger partial charge in [-0.25, -0.2) is 4.68 Å². The first-order valence-corrected chi connectivity index (χ1v) is 10.3. The summed E-state index contributed by atoms with van der Waals surface area (Å²) in [5.41, 5.74) is 2.37. The van der Waals surface area contributed by atoms with Gasteiger partial charge < -0.3 is 4.74 Å². The molecule has 3 aromatic rings. The Bertz CT molecular complexity index is 1020. The molecule has 150 valence electrons. The lowest BCUT2D eigenvalue weighted by Gasteiger charge is -2.24. The molecule has 1 atom stereocenters. The van der Waals surface area contributed by atoms with E-state index in [-0.39, 0.29) is 0 Å². The fraction of sp³-hybridized carbons (Fsp3) is 0.304. The molecule has 4 rings (SSSR count). The number of aromatic nitrogens is 3. The summed E-state index contributed by atoms with van der Waals surface area (Å²) >= 11 is 5.77. The van der Waals surface area contributed by atoms with E-state index < -0.39 is 0 Å². The van der Waals surface area contributed by atoms with Crippen LogP contribution in [0.5, 0.6) is 5.75 Å². The Kier molecular flexibility index (Phi) is 5.92. The fourth-order valence-corrected chi connectivity index (χ4v) is 4.26. The van der Waals surface area contributed by atoms with Crippen molar-refractivity contribution in [1.29, 1.82) is 0 Å². The predicted octanol–water partition coefficient (Wildman–Crippen LogP) is 5.07. The van der Waals surface area contributed by atoms with Gasteiger partial charge in [-0.05, 0) is 42.8 Å². The summed E-state index contributed by atoms with van der Waals surface area (Å²) in [4.78, 5) is 2.46. The maximum absolute atomic E-state index is 5.77. The van der Waals surface area contributed by atoms with Crippen LogP contribution in [-0.2, 0) is 13.2 Å². The van der Waals surface area contributed by atoms with Crippen LogP contribution in [0.15, 0.2) is 67.3 Å². The van der Waals surface area contributed by atoms with E-state index in [0.29, 0.717) is 19.3 Å². The zero-order chi connectivity index (χ0) is 20.2. The zero-order valence-electron chi connectivity index (χ0n) is 16.7. The van der Waals surface area contributed by atoms with Crippen LogP contribution in [0, 0.1) is 4.77 Å². The molecule has 1 saturated heterocycles. The van der Waals surface area contributed by atoms with E-state index in [1.54, 1.807) is 7.11 Å². The number of allylic oxidation sites excluding steroid dienone is 1. The maximum atomic E-state index is 5.77. The Morgan fingerprint density at radius 2 is 1.93 bits per heavy atom. The smallest absolute Gasteiger partial charge is 0.199 e. The van der Waals surface area contributed by atoms with E-state index in [0.717, 1.165) is 34.9 Å². The van der Waals surface area contributed by atoms with Crippen molar-refractivity contribution < 1.29 is 4.74 Å². The van der Waals surface area contributed by atoms with Crippen LogP contribution in [0.4, 0.5) is 0 Å². The topological polar surface area (TPSA) is 35.2 Å². The average molecular weight is 407 g/mol. The van der Waals surface area contributed by atoms with Gasteiger partial charge >= 0.3 is 0 Å². The van der Waals surface area contributed by atoms with Gasteiger partial charge in [-0.3, -0.25) is 9.47 Å². The highest BCUT2D eigenvalue weighted by molar-refractivity contribution is 7.71. The summed E-state index contributed by atoms with van der Waals surface area (Å²) in [5, 5.41) is 4.88. The van der Waals surface area contributed by atoms with E-state index in [4.69, 9.17) is 22.1 Å². The second kappa shape index (κ2) is 8.76. The first kappa shape index (κ1) is 19.6. The van der Waals surface area contributed by atoms with E-state index in [1.165, 1.54) is 12.0 Å². The lowest BCUT2D eigenvalue weighted by molar-refractivity contribution is 0.190. The molecule has 29 heavy (non-hydrogen) atoms. The van der Waals surface area contributed by atoms with Crippen LogP contribution in [0.2, 0.25) is 0 Å². The van der Waals surface area contributed by atoms with E-state index in [2.05, 4.69) is 40.3 Å². The van der Waals surface area contributed by atoms with Gasteiger partial charge in [0.05, 0.1) is 13.8 Å². The lowest BCUT2D eigenvalue weighted by Crippen LogP contribution is -2.27. The van der Waals surface area contributed by atoms with Gasteiger partial charge in [0, 0.05) is 24.7 Å². The summed E-state index contributed by atoms with van der Waals surface area (Å²) < 4.78 is 10.0. The van der Waals surface area contributed by atoms with Crippen LogP contribution < -0.4 is 4.74 Å². The van der Waals surface area contributed by atoms with Crippen molar-refractivity contribution in [3.8, 4) is 17.1 Å². The number of rotatable bonds is 7. The third kappa shape index (κ3) is 4.04. The minimum Gasteiger partial charge on any atom is -0.497 e. The third-order valence-corrected chi connectivity index (χ3v) is 5.88. The highest BCUT2D eigenvalue weighted by Gasteiger charge is 2.27. The van der Waals surface area contributed by atoms with Crippen molar-refractivity contribution >= 4 is 12.2 Å². The molecule has 1 aromatic heterocycles. The van der Waals surface area contributed by atoms with Crippen molar-refractivity contribution in [2.75, 3.05) is 13.7 Å². The molecule has 5 nitrogen and oxygen atoms in total. The Morgan fingerprint density at radius 3 is 2.62 bits per heavy atom. The lowest BCUT2D eigenvalue weighted by atomic mass is 10.0. The van der Waals surface area contributed by atoms with Gasteiger partial charge in [-0.1, -0.05) is 48.5 Å². The Hall–Kier alpha value is -2.70. The summed E-state index contributed by atoms with van der Waals surface area (Å²) in [6.07, 6.45) is 4.17. The summed E-state index contributed by atoms with van der Waals surface area (Å²) in [6.45, 7) is 6.24. The van der Waals surface area contributed by atoms with Crippen LogP contribution >= 0.6 is 12.2 Å². The van der Waals surface area contributed by atoms with Crippen molar-refractivity contribution in [2.24, 2.45) is 0 Å². The molecule has 1 aliphatic heterocycles. The minimum atomic E-state index is 0.368. The molecular weight excluding hydrogens is 380 g/mol. The molecule has 0 radical (unpaired) electrons. The summed E-state index contributed by atoms with van der Waals surface area (Å²) in [7, 11) is 1.70. The fourth-order valence-electron chi connectivity index (χ4n) is 4.00. The standard InChI is InChI=1S/C23H26N4OS/c1-3-15-26-22(19-8-5-4-6-9-19)24-27(23(26)29)17-25-16-7-10-21(25)18-11-13-20(28-2)14-12-18/h3-6,8-9,11-14,21H,1,7,10,15-17H2,2H3/t21-/m1/s1. The van der Waals surface area contributed by atoms with Crippen molar-refractivity contribution in [1.82, 2.24) is 19.2 Å². The molecule has 0 amide bonds. The van der Waals surface area contributed by atoms with Crippen LogP contribution in [0.3, 0.4) is 0 Å². The molecule has 6 heteroatoms. The van der Waals surface area contributed by atoms with E-state index in [9.17, 15) is 0 Å². The quantitative estimate of drug-likeness (QED) is 0.405. The monoisotopic (exact) mass is 406 g/mol. The number of likely N-dealkylation sites (tertiary alicyclic amines) is 1. The predicted molar refractivity (Wildman–Crippen MR) is 118 cm³/mol. The second-order valence-electron chi connectivity index (χ2n) is 7.26. The highest BCUT2D eigenvalue weighted by Crippen LogP contribution is 2.33. The molecule has 1 fully saturated rings. The van der Waals surface area contributed by atoms with Gasteiger partial charge in [-0.2, -0.15) is 5.10 Å².